The molecule has 0 aromatic heterocycles. The second kappa shape index (κ2) is 9.50. The molecule has 10 heteroatoms. The summed E-state index contributed by atoms with van der Waals surface area (Å²) in [6.07, 6.45) is 0.826. The molecule has 1 saturated heterocycles. The first kappa shape index (κ1) is 23.4. The lowest BCUT2D eigenvalue weighted by Crippen LogP contribution is -2.48. The van der Waals surface area contributed by atoms with Gasteiger partial charge in [0.05, 0.1) is 10.9 Å². The number of anilines is 1. The van der Waals surface area contributed by atoms with Crippen LogP contribution in [0.15, 0.2) is 29.2 Å². The fraction of sp³-hybridized carbons (Fsp3) is 0.529. The Morgan fingerprint density at radius 1 is 1.30 bits per heavy atom. The van der Waals surface area contributed by atoms with Crippen molar-refractivity contribution in [3.8, 4) is 0 Å². The van der Waals surface area contributed by atoms with Crippen LogP contribution in [0, 0.1) is 5.92 Å². The minimum Gasteiger partial charge on any atom is -0.338 e. The van der Waals surface area contributed by atoms with E-state index < -0.39 is 16.1 Å². The summed E-state index contributed by atoms with van der Waals surface area (Å²) in [4.78, 5) is 25.3. The molecule has 3 atom stereocenters. The quantitative estimate of drug-likeness (QED) is 0.634. The van der Waals surface area contributed by atoms with Crippen LogP contribution in [0.3, 0.4) is 0 Å². The Morgan fingerprint density at radius 2 is 1.89 bits per heavy atom. The predicted molar refractivity (Wildman–Crippen MR) is 106 cm³/mol. The molecule has 27 heavy (non-hydrogen) atoms. The van der Waals surface area contributed by atoms with Gasteiger partial charge >= 0.3 is 0 Å². The molecule has 0 saturated carbocycles. The topological polar surface area (TPSA) is 122 Å². The summed E-state index contributed by atoms with van der Waals surface area (Å²) in [5.41, 5.74) is 6.18. The van der Waals surface area contributed by atoms with Gasteiger partial charge in [-0.15, -0.1) is 12.4 Å². The van der Waals surface area contributed by atoms with E-state index >= 15 is 0 Å². The van der Waals surface area contributed by atoms with Crippen molar-refractivity contribution in [1.82, 2.24) is 9.62 Å². The number of benzene rings is 1. The molecule has 2 rings (SSSR count). The number of halogens is 1. The smallest absolute Gasteiger partial charge is 0.241 e. The molecule has 1 aromatic rings. The van der Waals surface area contributed by atoms with Crippen molar-refractivity contribution in [2.24, 2.45) is 11.7 Å². The number of rotatable bonds is 6. The van der Waals surface area contributed by atoms with E-state index in [-0.39, 0.29) is 41.1 Å². The van der Waals surface area contributed by atoms with Crippen LogP contribution < -0.4 is 15.8 Å². The van der Waals surface area contributed by atoms with E-state index in [9.17, 15) is 18.0 Å². The van der Waals surface area contributed by atoms with E-state index in [2.05, 4.69) is 10.0 Å². The van der Waals surface area contributed by atoms with Crippen LogP contribution in [0.4, 0.5) is 5.69 Å². The van der Waals surface area contributed by atoms with Crippen LogP contribution in [-0.2, 0) is 19.6 Å². The third-order valence-electron chi connectivity index (χ3n) is 4.47. The Hall–Kier alpha value is -1.68. The van der Waals surface area contributed by atoms with Gasteiger partial charge < -0.3 is 16.0 Å². The number of carbonyl (C=O) groups is 2. The van der Waals surface area contributed by atoms with Crippen LogP contribution in [0.5, 0.6) is 0 Å². The largest absolute Gasteiger partial charge is 0.338 e. The van der Waals surface area contributed by atoms with Crippen LogP contribution in [-0.4, -0.2) is 50.3 Å². The standard InChI is InChI=1S/C17H26N4O4S.ClH/c1-11-8-14(9-18)10-21(11)17(23)12(2)20-26(24,25)16-6-4-15(5-7-16)19-13(3)22;/h4-7,11-12,14,20H,8-10,18H2,1-3H3,(H,19,22);1H. The predicted octanol–water partition coefficient (Wildman–Crippen LogP) is 0.929. The van der Waals surface area contributed by atoms with Crippen molar-refractivity contribution in [3.63, 3.8) is 0 Å². The minimum atomic E-state index is -3.85. The van der Waals surface area contributed by atoms with Gasteiger partial charge in [0.2, 0.25) is 21.8 Å². The Bertz CT molecular complexity index is 770. The van der Waals surface area contributed by atoms with Gasteiger partial charge in [-0.3, -0.25) is 9.59 Å². The average molecular weight is 419 g/mol. The SMILES string of the molecule is CC(=O)Nc1ccc(S(=O)(=O)NC(C)C(=O)N2CC(CN)CC2C)cc1.Cl. The first-order chi connectivity index (χ1) is 12.1. The van der Waals surface area contributed by atoms with Crippen LogP contribution in [0.25, 0.3) is 0 Å². The van der Waals surface area contributed by atoms with E-state index in [1.165, 1.54) is 38.1 Å². The zero-order chi connectivity index (χ0) is 19.5. The van der Waals surface area contributed by atoms with Gasteiger partial charge in [-0.05, 0) is 57.0 Å². The molecule has 0 spiro atoms. The van der Waals surface area contributed by atoms with Gasteiger partial charge in [-0.1, -0.05) is 0 Å². The van der Waals surface area contributed by atoms with Gasteiger partial charge in [0.15, 0.2) is 0 Å². The highest BCUT2D eigenvalue weighted by Crippen LogP contribution is 2.23. The van der Waals surface area contributed by atoms with Crippen molar-refractivity contribution in [2.75, 3.05) is 18.4 Å². The molecule has 3 unspecified atom stereocenters. The second-order valence-electron chi connectivity index (χ2n) is 6.73. The molecule has 152 valence electrons. The third kappa shape index (κ3) is 5.90. The Kier molecular flexibility index (Phi) is 8.22. The number of sulfonamides is 1. The van der Waals surface area contributed by atoms with Crippen molar-refractivity contribution < 1.29 is 18.0 Å². The first-order valence-electron chi connectivity index (χ1n) is 8.54. The number of amides is 2. The normalized spacial score (nSPS) is 20.7. The second-order valence-corrected chi connectivity index (χ2v) is 8.44. The van der Waals surface area contributed by atoms with Crippen molar-refractivity contribution >= 4 is 39.9 Å². The molecule has 4 N–H and O–H groups in total. The minimum absolute atomic E-state index is 0. The Balaban J connectivity index is 0.00000364. The monoisotopic (exact) mass is 418 g/mol. The summed E-state index contributed by atoms with van der Waals surface area (Å²) >= 11 is 0. The number of nitrogens with one attached hydrogen (secondary N) is 2. The van der Waals surface area contributed by atoms with E-state index in [1.807, 2.05) is 6.92 Å². The molecular formula is C17H27ClN4O4S. The van der Waals surface area contributed by atoms with Gasteiger partial charge in [0, 0.05) is 25.2 Å². The summed E-state index contributed by atoms with van der Waals surface area (Å²) in [5.74, 6) is -0.251. The van der Waals surface area contributed by atoms with E-state index in [1.54, 1.807) is 4.90 Å². The highest BCUT2D eigenvalue weighted by molar-refractivity contribution is 7.89. The van der Waals surface area contributed by atoms with E-state index in [4.69, 9.17) is 5.73 Å². The molecular weight excluding hydrogens is 392 g/mol. The van der Waals surface area contributed by atoms with Crippen LogP contribution in [0.1, 0.15) is 27.2 Å². The summed E-state index contributed by atoms with van der Waals surface area (Å²) in [6.45, 7) is 5.90. The Morgan fingerprint density at radius 3 is 2.37 bits per heavy atom. The highest BCUT2D eigenvalue weighted by atomic mass is 35.5. The molecule has 1 heterocycles. The number of hydrogen-bond acceptors (Lipinski definition) is 5. The number of nitrogens with zero attached hydrogens (tertiary/aromatic N) is 1. The molecule has 0 radical (unpaired) electrons. The van der Waals surface area contributed by atoms with E-state index in [0.29, 0.717) is 18.8 Å². The summed E-state index contributed by atoms with van der Waals surface area (Å²) < 4.78 is 27.4. The number of hydrogen-bond donors (Lipinski definition) is 3. The summed E-state index contributed by atoms with van der Waals surface area (Å²) in [7, 11) is -3.85. The molecule has 0 bridgehead atoms. The van der Waals surface area contributed by atoms with Gasteiger partial charge in [-0.25, -0.2) is 8.42 Å². The van der Waals surface area contributed by atoms with Gasteiger partial charge in [-0.2, -0.15) is 4.72 Å². The summed E-state index contributed by atoms with van der Waals surface area (Å²) in [5, 5.41) is 2.57. The number of nitrogens with two attached hydrogens (primary N) is 1. The van der Waals surface area contributed by atoms with Crippen LogP contribution >= 0.6 is 12.4 Å². The fourth-order valence-corrected chi connectivity index (χ4v) is 4.34. The van der Waals surface area contributed by atoms with Gasteiger partial charge in [0.1, 0.15) is 0 Å². The zero-order valence-electron chi connectivity index (χ0n) is 15.6. The fourth-order valence-electron chi connectivity index (χ4n) is 3.14. The molecule has 1 aliphatic heterocycles. The molecule has 2 amide bonds. The zero-order valence-corrected chi connectivity index (χ0v) is 17.3. The van der Waals surface area contributed by atoms with Gasteiger partial charge in [0.25, 0.3) is 0 Å². The number of carbonyl (C=O) groups excluding carboxylic acids is 2. The lowest BCUT2D eigenvalue weighted by atomic mass is 10.1. The lowest BCUT2D eigenvalue weighted by Gasteiger charge is -2.25. The molecule has 1 aromatic carbocycles. The molecule has 8 nitrogen and oxygen atoms in total. The molecule has 0 aliphatic carbocycles. The number of likely N-dealkylation sites (tertiary alicyclic amines) is 1. The lowest BCUT2D eigenvalue weighted by molar-refractivity contribution is -0.133. The maximum absolute atomic E-state index is 12.6. The molecule has 1 aliphatic rings. The molecule has 1 fully saturated rings. The summed E-state index contributed by atoms with van der Waals surface area (Å²) in [6, 6.07) is 4.92. The first-order valence-corrected chi connectivity index (χ1v) is 10.0. The van der Waals surface area contributed by atoms with Crippen molar-refractivity contribution in [3.05, 3.63) is 24.3 Å². The maximum atomic E-state index is 12.6. The maximum Gasteiger partial charge on any atom is 0.241 e. The van der Waals surface area contributed by atoms with Crippen molar-refractivity contribution in [1.29, 1.82) is 0 Å². The average Bonchev–Trinajstić information content (AvgIpc) is 2.94. The van der Waals surface area contributed by atoms with Crippen molar-refractivity contribution in [2.45, 2.75) is 44.2 Å². The highest BCUT2D eigenvalue weighted by Gasteiger charge is 2.35. The Labute approximate surface area is 166 Å². The van der Waals surface area contributed by atoms with E-state index in [0.717, 1.165) is 6.42 Å². The third-order valence-corrected chi connectivity index (χ3v) is 6.02. The van der Waals surface area contributed by atoms with Crippen LogP contribution in [0.2, 0.25) is 0 Å².